The fraction of sp³-hybridized carbons (Fsp3) is 0.917. The first-order chi connectivity index (χ1) is 8.98. The summed E-state index contributed by atoms with van der Waals surface area (Å²) in [6.45, 7) is 2.08. The molecule has 0 spiro atoms. The maximum Gasteiger partial charge on any atom is 0.234 e. The summed E-state index contributed by atoms with van der Waals surface area (Å²) in [7, 11) is -2.95. The van der Waals surface area contributed by atoms with Crippen molar-refractivity contribution >= 4 is 15.7 Å². The summed E-state index contributed by atoms with van der Waals surface area (Å²) >= 11 is 0. The Labute approximate surface area is 114 Å². The standard InChI is InChI=1S/C12H22N2O4S/c15-8-10-2-1-4-14(6-10)7-12(16)13-11-3-5-19(17,18)9-11/h10-11,15H,1-9H2,(H,13,16). The van der Waals surface area contributed by atoms with Crippen molar-refractivity contribution in [2.75, 3.05) is 37.7 Å². The minimum absolute atomic E-state index is 0.0675. The average molecular weight is 290 g/mol. The highest BCUT2D eigenvalue weighted by Crippen LogP contribution is 2.15. The first-order valence-corrected chi connectivity index (χ1v) is 8.63. The summed E-state index contributed by atoms with van der Waals surface area (Å²) < 4.78 is 22.6. The van der Waals surface area contributed by atoms with Gasteiger partial charge in [-0.15, -0.1) is 0 Å². The number of carbonyl (C=O) groups is 1. The van der Waals surface area contributed by atoms with E-state index in [9.17, 15) is 13.2 Å². The molecule has 110 valence electrons. The third-order valence-electron chi connectivity index (χ3n) is 3.83. The maximum absolute atomic E-state index is 11.9. The van der Waals surface area contributed by atoms with Crippen LogP contribution in [-0.2, 0) is 14.6 Å². The summed E-state index contributed by atoms with van der Waals surface area (Å²) in [6.07, 6.45) is 2.53. The van der Waals surface area contributed by atoms with E-state index in [-0.39, 0.29) is 36.0 Å². The molecule has 0 aliphatic carbocycles. The van der Waals surface area contributed by atoms with Crippen molar-refractivity contribution in [3.63, 3.8) is 0 Å². The number of nitrogens with one attached hydrogen (secondary N) is 1. The number of carbonyl (C=O) groups excluding carboxylic acids is 1. The van der Waals surface area contributed by atoms with Gasteiger partial charge < -0.3 is 10.4 Å². The van der Waals surface area contributed by atoms with Gasteiger partial charge in [-0.05, 0) is 31.7 Å². The molecule has 7 heteroatoms. The molecule has 0 radical (unpaired) electrons. The molecule has 0 bridgehead atoms. The molecular formula is C12H22N2O4S. The van der Waals surface area contributed by atoms with Gasteiger partial charge in [-0.3, -0.25) is 9.69 Å². The Bertz CT molecular complexity index is 423. The van der Waals surface area contributed by atoms with Gasteiger partial charge in [0.25, 0.3) is 0 Å². The Kier molecular flexibility index (Phi) is 4.81. The largest absolute Gasteiger partial charge is 0.396 e. The molecule has 19 heavy (non-hydrogen) atoms. The molecule has 0 aromatic rings. The molecule has 2 rings (SSSR count). The Hall–Kier alpha value is -0.660. The fourth-order valence-corrected chi connectivity index (χ4v) is 4.50. The molecule has 0 aromatic heterocycles. The average Bonchev–Trinajstić information content (AvgIpc) is 2.68. The van der Waals surface area contributed by atoms with Gasteiger partial charge in [-0.25, -0.2) is 8.42 Å². The smallest absolute Gasteiger partial charge is 0.234 e. The van der Waals surface area contributed by atoms with Crippen LogP contribution in [0.25, 0.3) is 0 Å². The van der Waals surface area contributed by atoms with Crippen molar-refractivity contribution in [2.24, 2.45) is 5.92 Å². The molecular weight excluding hydrogens is 268 g/mol. The first-order valence-electron chi connectivity index (χ1n) is 6.81. The molecule has 0 saturated carbocycles. The van der Waals surface area contributed by atoms with Crippen LogP contribution >= 0.6 is 0 Å². The third-order valence-corrected chi connectivity index (χ3v) is 5.59. The van der Waals surface area contributed by atoms with Gasteiger partial charge >= 0.3 is 0 Å². The van der Waals surface area contributed by atoms with Gasteiger partial charge in [-0.2, -0.15) is 0 Å². The van der Waals surface area contributed by atoms with E-state index in [2.05, 4.69) is 5.32 Å². The van der Waals surface area contributed by atoms with Crippen LogP contribution in [0.5, 0.6) is 0 Å². The molecule has 2 aliphatic rings. The van der Waals surface area contributed by atoms with Crippen molar-refractivity contribution in [1.82, 2.24) is 10.2 Å². The van der Waals surface area contributed by atoms with E-state index in [1.807, 2.05) is 4.90 Å². The van der Waals surface area contributed by atoms with Gasteiger partial charge in [0.15, 0.2) is 9.84 Å². The molecule has 2 unspecified atom stereocenters. The Morgan fingerprint density at radius 3 is 2.79 bits per heavy atom. The number of piperidine rings is 1. The molecule has 2 aliphatic heterocycles. The van der Waals surface area contributed by atoms with Crippen LogP contribution in [0.3, 0.4) is 0 Å². The maximum atomic E-state index is 11.9. The monoisotopic (exact) mass is 290 g/mol. The molecule has 0 aromatic carbocycles. The lowest BCUT2D eigenvalue weighted by Gasteiger charge is -2.31. The van der Waals surface area contributed by atoms with E-state index in [0.717, 1.165) is 25.9 Å². The van der Waals surface area contributed by atoms with E-state index in [1.54, 1.807) is 0 Å². The van der Waals surface area contributed by atoms with Crippen molar-refractivity contribution in [3.8, 4) is 0 Å². The first kappa shape index (κ1) is 14.7. The van der Waals surface area contributed by atoms with E-state index in [0.29, 0.717) is 13.0 Å². The minimum Gasteiger partial charge on any atom is -0.396 e. The highest BCUT2D eigenvalue weighted by atomic mass is 32.2. The minimum atomic E-state index is -2.95. The number of hydrogen-bond acceptors (Lipinski definition) is 5. The summed E-state index contributed by atoms with van der Waals surface area (Å²) in [5.41, 5.74) is 0. The topological polar surface area (TPSA) is 86.7 Å². The number of rotatable bonds is 4. The van der Waals surface area contributed by atoms with Crippen LogP contribution < -0.4 is 5.32 Å². The predicted octanol–water partition coefficient (Wildman–Crippen LogP) is -1.01. The molecule has 1 amide bonds. The van der Waals surface area contributed by atoms with E-state index in [4.69, 9.17) is 5.11 Å². The van der Waals surface area contributed by atoms with Gasteiger partial charge in [0.2, 0.25) is 5.91 Å². The summed E-state index contributed by atoms with van der Waals surface area (Å²) in [6, 6.07) is -0.226. The van der Waals surface area contributed by atoms with Crippen LogP contribution in [0, 0.1) is 5.92 Å². The lowest BCUT2D eigenvalue weighted by molar-refractivity contribution is -0.123. The van der Waals surface area contributed by atoms with Crippen LogP contribution in [0.1, 0.15) is 19.3 Å². The third kappa shape index (κ3) is 4.43. The normalized spacial score (nSPS) is 31.2. The highest BCUT2D eigenvalue weighted by Gasteiger charge is 2.29. The zero-order chi connectivity index (χ0) is 13.9. The Balaban J connectivity index is 1.75. The Morgan fingerprint density at radius 1 is 1.37 bits per heavy atom. The summed E-state index contributed by atoms with van der Waals surface area (Å²) in [5.74, 6) is 0.390. The van der Waals surface area contributed by atoms with Crippen molar-refractivity contribution < 1.29 is 18.3 Å². The highest BCUT2D eigenvalue weighted by molar-refractivity contribution is 7.91. The zero-order valence-electron chi connectivity index (χ0n) is 11.0. The van der Waals surface area contributed by atoms with Gasteiger partial charge in [-0.1, -0.05) is 0 Å². The lowest BCUT2D eigenvalue weighted by atomic mass is 9.99. The number of aliphatic hydroxyl groups is 1. The number of likely N-dealkylation sites (tertiary alicyclic amines) is 1. The molecule has 2 saturated heterocycles. The van der Waals surface area contributed by atoms with Crippen molar-refractivity contribution in [1.29, 1.82) is 0 Å². The number of nitrogens with zero attached hydrogens (tertiary/aromatic N) is 1. The number of amides is 1. The van der Waals surface area contributed by atoms with E-state index in [1.165, 1.54) is 0 Å². The molecule has 2 heterocycles. The summed E-state index contributed by atoms with van der Waals surface area (Å²) in [4.78, 5) is 13.9. The van der Waals surface area contributed by atoms with Gasteiger partial charge in [0, 0.05) is 19.2 Å². The molecule has 6 nitrogen and oxygen atoms in total. The van der Waals surface area contributed by atoms with Crippen LogP contribution in [0.2, 0.25) is 0 Å². The van der Waals surface area contributed by atoms with Crippen molar-refractivity contribution in [3.05, 3.63) is 0 Å². The number of aliphatic hydroxyl groups excluding tert-OH is 1. The summed E-state index contributed by atoms with van der Waals surface area (Å²) in [5, 5.41) is 11.9. The van der Waals surface area contributed by atoms with E-state index >= 15 is 0 Å². The molecule has 2 N–H and O–H groups in total. The fourth-order valence-electron chi connectivity index (χ4n) is 2.83. The zero-order valence-corrected chi connectivity index (χ0v) is 11.9. The van der Waals surface area contributed by atoms with Crippen LogP contribution in [0.15, 0.2) is 0 Å². The quantitative estimate of drug-likeness (QED) is 0.693. The lowest BCUT2D eigenvalue weighted by Crippen LogP contribution is -2.46. The number of sulfone groups is 1. The SMILES string of the molecule is O=C(CN1CCCC(CO)C1)NC1CCS(=O)(=O)C1. The molecule has 2 atom stereocenters. The van der Waals surface area contributed by atoms with Crippen LogP contribution in [-0.4, -0.2) is 68.1 Å². The number of hydrogen-bond donors (Lipinski definition) is 2. The van der Waals surface area contributed by atoms with Crippen molar-refractivity contribution in [2.45, 2.75) is 25.3 Å². The second kappa shape index (κ2) is 6.19. The van der Waals surface area contributed by atoms with Gasteiger partial charge in [0.1, 0.15) is 0 Å². The Morgan fingerprint density at radius 2 is 2.16 bits per heavy atom. The predicted molar refractivity (Wildman–Crippen MR) is 71.5 cm³/mol. The van der Waals surface area contributed by atoms with Gasteiger partial charge in [0.05, 0.1) is 18.1 Å². The van der Waals surface area contributed by atoms with Crippen LogP contribution in [0.4, 0.5) is 0 Å². The van der Waals surface area contributed by atoms with E-state index < -0.39 is 9.84 Å². The second-order valence-corrected chi connectivity index (χ2v) is 7.82. The molecule has 2 fully saturated rings. The second-order valence-electron chi connectivity index (χ2n) is 5.59.